The molecular formula is C17H18N4O2. The average Bonchev–Trinajstić information content (AvgIpc) is 2.95. The molecule has 0 saturated carbocycles. The first kappa shape index (κ1) is 15.2. The summed E-state index contributed by atoms with van der Waals surface area (Å²) in [6.07, 6.45) is 3.23. The van der Waals surface area contributed by atoms with Crippen LogP contribution in [-0.4, -0.2) is 43.6 Å². The van der Waals surface area contributed by atoms with E-state index in [0.717, 1.165) is 11.2 Å². The molecule has 23 heavy (non-hydrogen) atoms. The van der Waals surface area contributed by atoms with Crippen LogP contribution in [0.1, 0.15) is 15.9 Å². The molecule has 0 bridgehead atoms. The van der Waals surface area contributed by atoms with Gasteiger partial charge in [0, 0.05) is 26.3 Å². The van der Waals surface area contributed by atoms with Crippen LogP contribution in [0.4, 0.5) is 0 Å². The Bertz CT molecular complexity index is 814. The molecule has 0 aliphatic carbocycles. The predicted molar refractivity (Wildman–Crippen MR) is 86.8 cm³/mol. The molecule has 0 fully saturated rings. The summed E-state index contributed by atoms with van der Waals surface area (Å²) in [4.78, 5) is 22.9. The molecule has 0 aliphatic heterocycles. The molecule has 0 radical (unpaired) electrons. The molecule has 118 valence electrons. The molecule has 6 nitrogen and oxygen atoms in total. The van der Waals surface area contributed by atoms with E-state index < -0.39 is 0 Å². The third-order valence-electron chi connectivity index (χ3n) is 3.67. The van der Waals surface area contributed by atoms with Gasteiger partial charge in [0.1, 0.15) is 5.52 Å². The molecule has 2 aromatic heterocycles. The summed E-state index contributed by atoms with van der Waals surface area (Å²) in [5.74, 6) is -0.164. The first-order valence-corrected chi connectivity index (χ1v) is 7.40. The van der Waals surface area contributed by atoms with Crippen molar-refractivity contribution in [1.82, 2.24) is 19.4 Å². The first-order chi connectivity index (χ1) is 11.2. The van der Waals surface area contributed by atoms with E-state index in [0.29, 0.717) is 17.6 Å². The number of carbonyl (C=O) groups is 1. The fourth-order valence-corrected chi connectivity index (χ4v) is 2.49. The topological polar surface area (TPSA) is 71.2 Å². The molecule has 0 aliphatic rings. The highest BCUT2D eigenvalue weighted by Gasteiger charge is 2.17. The Balaban J connectivity index is 1.86. The van der Waals surface area contributed by atoms with Crippen LogP contribution < -0.4 is 0 Å². The SMILES string of the molecule is Cn1cnc2cc(C(=O)N(CCO)Cc3ccccc3)cnc21. The van der Waals surface area contributed by atoms with Crippen molar-refractivity contribution in [3.05, 3.63) is 60.0 Å². The second-order valence-corrected chi connectivity index (χ2v) is 5.36. The second-order valence-electron chi connectivity index (χ2n) is 5.36. The molecule has 6 heteroatoms. The summed E-state index contributed by atoms with van der Waals surface area (Å²) in [6.45, 7) is 0.631. The number of aliphatic hydroxyl groups is 1. The summed E-state index contributed by atoms with van der Waals surface area (Å²) in [6, 6.07) is 11.4. The van der Waals surface area contributed by atoms with Crippen LogP contribution in [0.2, 0.25) is 0 Å². The van der Waals surface area contributed by atoms with Crippen LogP contribution in [0.25, 0.3) is 11.2 Å². The maximum atomic E-state index is 12.7. The van der Waals surface area contributed by atoms with Crippen molar-refractivity contribution in [2.75, 3.05) is 13.2 Å². The van der Waals surface area contributed by atoms with E-state index in [2.05, 4.69) is 9.97 Å². The van der Waals surface area contributed by atoms with E-state index in [9.17, 15) is 9.90 Å². The fourth-order valence-electron chi connectivity index (χ4n) is 2.49. The van der Waals surface area contributed by atoms with Gasteiger partial charge in [-0.2, -0.15) is 0 Å². The zero-order chi connectivity index (χ0) is 16.2. The molecular weight excluding hydrogens is 292 g/mol. The van der Waals surface area contributed by atoms with Crippen LogP contribution in [0.3, 0.4) is 0 Å². The van der Waals surface area contributed by atoms with E-state index in [1.165, 1.54) is 0 Å². The van der Waals surface area contributed by atoms with Gasteiger partial charge < -0.3 is 14.6 Å². The minimum atomic E-state index is -0.164. The number of aryl methyl sites for hydroxylation is 1. The van der Waals surface area contributed by atoms with Crippen LogP contribution in [0, 0.1) is 0 Å². The van der Waals surface area contributed by atoms with Gasteiger partial charge in [-0.05, 0) is 11.6 Å². The number of aliphatic hydroxyl groups excluding tert-OH is 1. The number of aromatic nitrogens is 3. The normalized spacial score (nSPS) is 10.9. The third-order valence-corrected chi connectivity index (χ3v) is 3.67. The minimum Gasteiger partial charge on any atom is -0.395 e. The Morgan fingerprint density at radius 2 is 2.04 bits per heavy atom. The molecule has 1 aromatic carbocycles. The van der Waals surface area contributed by atoms with Crippen molar-refractivity contribution in [3.63, 3.8) is 0 Å². The number of hydrogen-bond donors (Lipinski definition) is 1. The zero-order valence-electron chi connectivity index (χ0n) is 12.9. The summed E-state index contributed by atoms with van der Waals surface area (Å²) in [5, 5.41) is 9.26. The monoisotopic (exact) mass is 310 g/mol. The lowest BCUT2D eigenvalue weighted by molar-refractivity contribution is 0.0707. The van der Waals surface area contributed by atoms with Crippen molar-refractivity contribution in [3.8, 4) is 0 Å². The van der Waals surface area contributed by atoms with Crippen molar-refractivity contribution in [2.24, 2.45) is 7.05 Å². The van der Waals surface area contributed by atoms with Crippen LogP contribution in [0.15, 0.2) is 48.9 Å². The van der Waals surface area contributed by atoms with Gasteiger partial charge in [-0.15, -0.1) is 0 Å². The van der Waals surface area contributed by atoms with Gasteiger partial charge in [0.25, 0.3) is 5.91 Å². The Hall–Kier alpha value is -2.73. The highest BCUT2D eigenvalue weighted by atomic mass is 16.3. The number of imidazole rings is 1. The van der Waals surface area contributed by atoms with Crippen LogP contribution in [-0.2, 0) is 13.6 Å². The molecule has 3 rings (SSSR count). The standard InChI is InChI=1S/C17H18N4O2/c1-20-12-19-15-9-14(10-18-16(15)20)17(23)21(7-8-22)11-13-5-3-2-4-6-13/h2-6,9-10,12,22H,7-8,11H2,1H3. The number of fused-ring (bicyclic) bond motifs is 1. The third kappa shape index (κ3) is 3.22. The first-order valence-electron chi connectivity index (χ1n) is 7.40. The van der Waals surface area contributed by atoms with Crippen LogP contribution in [0.5, 0.6) is 0 Å². The van der Waals surface area contributed by atoms with Crippen molar-refractivity contribution < 1.29 is 9.90 Å². The van der Waals surface area contributed by atoms with E-state index in [1.807, 2.05) is 37.4 Å². The Morgan fingerprint density at radius 3 is 2.78 bits per heavy atom. The number of rotatable bonds is 5. The van der Waals surface area contributed by atoms with Gasteiger partial charge in [-0.25, -0.2) is 9.97 Å². The molecule has 0 saturated heterocycles. The average molecular weight is 310 g/mol. The number of amides is 1. The molecule has 2 heterocycles. The number of nitrogens with zero attached hydrogens (tertiary/aromatic N) is 4. The van der Waals surface area contributed by atoms with Crippen LogP contribution >= 0.6 is 0 Å². The summed E-state index contributed by atoms with van der Waals surface area (Å²) >= 11 is 0. The van der Waals surface area contributed by atoms with E-state index >= 15 is 0 Å². The van der Waals surface area contributed by atoms with E-state index in [4.69, 9.17) is 0 Å². The van der Waals surface area contributed by atoms with E-state index in [-0.39, 0.29) is 19.1 Å². The lowest BCUT2D eigenvalue weighted by atomic mass is 10.2. The molecule has 3 aromatic rings. The Kier molecular flexibility index (Phi) is 4.34. The lowest BCUT2D eigenvalue weighted by Gasteiger charge is -2.21. The summed E-state index contributed by atoms with van der Waals surface area (Å²) in [7, 11) is 1.86. The number of carbonyl (C=O) groups excluding carboxylic acids is 1. The molecule has 1 N–H and O–H groups in total. The summed E-state index contributed by atoms with van der Waals surface area (Å²) < 4.78 is 1.80. The van der Waals surface area contributed by atoms with Crippen molar-refractivity contribution in [2.45, 2.75) is 6.54 Å². The Labute approximate surface area is 134 Å². The molecule has 0 unspecified atom stereocenters. The fraction of sp³-hybridized carbons (Fsp3) is 0.235. The largest absolute Gasteiger partial charge is 0.395 e. The smallest absolute Gasteiger partial charge is 0.255 e. The molecule has 0 atom stereocenters. The highest BCUT2D eigenvalue weighted by Crippen LogP contribution is 2.14. The zero-order valence-corrected chi connectivity index (χ0v) is 12.9. The van der Waals surface area contributed by atoms with E-state index in [1.54, 1.807) is 28.1 Å². The van der Waals surface area contributed by atoms with Gasteiger partial charge in [-0.3, -0.25) is 4.79 Å². The van der Waals surface area contributed by atoms with Gasteiger partial charge in [0.2, 0.25) is 0 Å². The molecule has 0 spiro atoms. The maximum absolute atomic E-state index is 12.7. The summed E-state index contributed by atoms with van der Waals surface area (Å²) in [5.41, 5.74) is 2.90. The Morgan fingerprint density at radius 1 is 1.26 bits per heavy atom. The maximum Gasteiger partial charge on any atom is 0.255 e. The van der Waals surface area contributed by atoms with Crippen molar-refractivity contribution >= 4 is 17.1 Å². The number of hydrogen-bond acceptors (Lipinski definition) is 4. The van der Waals surface area contributed by atoms with Gasteiger partial charge >= 0.3 is 0 Å². The van der Waals surface area contributed by atoms with Gasteiger partial charge in [0.05, 0.1) is 18.5 Å². The predicted octanol–water partition coefficient (Wildman–Crippen LogP) is 1.60. The van der Waals surface area contributed by atoms with Gasteiger partial charge in [-0.1, -0.05) is 30.3 Å². The minimum absolute atomic E-state index is 0.0855. The molecule has 1 amide bonds. The highest BCUT2D eigenvalue weighted by molar-refractivity contribution is 5.96. The van der Waals surface area contributed by atoms with Gasteiger partial charge in [0.15, 0.2) is 5.65 Å². The quantitative estimate of drug-likeness (QED) is 0.777. The lowest BCUT2D eigenvalue weighted by Crippen LogP contribution is -2.33. The number of pyridine rings is 1. The van der Waals surface area contributed by atoms with Crippen molar-refractivity contribution in [1.29, 1.82) is 0 Å². The second kappa shape index (κ2) is 6.58. The number of benzene rings is 1.